The van der Waals surface area contributed by atoms with E-state index >= 15 is 0 Å². The molecule has 2 rings (SSSR count). The van der Waals surface area contributed by atoms with Crippen LogP contribution in [0.3, 0.4) is 0 Å². The van der Waals surface area contributed by atoms with E-state index in [0.29, 0.717) is 0 Å². The van der Waals surface area contributed by atoms with Gasteiger partial charge in [-0.05, 0) is 18.2 Å². The van der Waals surface area contributed by atoms with Crippen molar-refractivity contribution in [3.63, 3.8) is 0 Å². The third kappa shape index (κ3) is 0.678. The van der Waals surface area contributed by atoms with E-state index in [1.54, 1.807) is 0 Å². The zero-order valence-electron chi connectivity index (χ0n) is 4.85. The molecule has 1 aliphatic heterocycles. The smallest absolute Gasteiger partial charge is 0.151 e. The van der Waals surface area contributed by atoms with Gasteiger partial charge in [-0.3, -0.25) is 0 Å². The minimum Gasteiger partial charge on any atom is -0.408 e. The van der Waals surface area contributed by atoms with Crippen LogP contribution in [0, 0.1) is 6.07 Å². The highest BCUT2D eigenvalue weighted by molar-refractivity contribution is 5.34. The van der Waals surface area contributed by atoms with Crippen LogP contribution in [0.15, 0.2) is 18.2 Å². The van der Waals surface area contributed by atoms with E-state index in [-0.39, 0.29) is 0 Å². The van der Waals surface area contributed by atoms with Crippen molar-refractivity contribution in [3.05, 3.63) is 29.8 Å². The second-order valence-corrected chi connectivity index (χ2v) is 1.96. The van der Waals surface area contributed by atoms with Gasteiger partial charge in [-0.1, -0.05) is 6.07 Å². The molecule has 0 spiro atoms. The second kappa shape index (κ2) is 1.74. The van der Waals surface area contributed by atoms with Gasteiger partial charge in [0.15, 0.2) is 5.75 Å². The van der Waals surface area contributed by atoms with Gasteiger partial charge >= 0.3 is 0 Å². The van der Waals surface area contributed by atoms with Crippen molar-refractivity contribution in [2.45, 2.75) is 6.54 Å². The Balaban J connectivity index is 2.54. The molecule has 1 aromatic rings. The SMILES string of the molecule is [c]1ccc2c(c1)CNO2. The largest absolute Gasteiger partial charge is 0.408 e. The molecule has 1 radical (unpaired) electrons. The molecule has 2 nitrogen and oxygen atoms in total. The zero-order chi connectivity index (χ0) is 6.10. The van der Waals surface area contributed by atoms with Crippen LogP contribution in [0.4, 0.5) is 0 Å². The molecular formula is C7H6NO. The molecule has 0 atom stereocenters. The van der Waals surface area contributed by atoms with E-state index in [0.717, 1.165) is 12.3 Å². The van der Waals surface area contributed by atoms with Crippen LogP contribution in [0.2, 0.25) is 0 Å². The Labute approximate surface area is 53.4 Å². The van der Waals surface area contributed by atoms with E-state index < -0.39 is 0 Å². The molecule has 0 saturated carbocycles. The molecule has 1 heterocycles. The average molecular weight is 120 g/mol. The molecule has 1 N–H and O–H groups in total. The van der Waals surface area contributed by atoms with Gasteiger partial charge < -0.3 is 4.84 Å². The molecule has 45 valence electrons. The van der Waals surface area contributed by atoms with E-state index in [9.17, 15) is 0 Å². The van der Waals surface area contributed by atoms with Gasteiger partial charge in [-0.15, -0.1) is 0 Å². The number of hydrogen-bond donors (Lipinski definition) is 1. The van der Waals surface area contributed by atoms with E-state index in [1.165, 1.54) is 5.56 Å². The molecule has 0 fully saturated rings. The third-order valence-electron chi connectivity index (χ3n) is 1.35. The highest BCUT2D eigenvalue weighted by Gasteiger charge is 2.08. The molecule has 1 aromatic carbocycles. The molecule has 0 amide bonds. The molecule has 0 unspecified atom stereocenters. The van der Waals surface area contributed by atoms with Crippen LogP contribution < -0.4 is 10.3 Å². The summed E-state index contributed by atoms with van der Waals surface area (Å²) in [7, 11) is 0. The summed E-state index contributed by atoms with van der Waals surface area (Å²) in [6.45, 7) is 0.798. The number of fused-ring (bicyclic) bond motifs is 1. The minimum atomic E-state index is 0.798. The van der Waals surface area contributed by atoms with Crippen molar-refractivity contribution in [2.75, 3.05) is 0 Å². The van der Waals surface area contributed by atoms with E-state index in [4.69, 9.17) is 4.84 Å². The lowest BCUT2D eigenvalue weighted by atomic mass is 10.2. The Kier molecular flexibility index (Phi) is 0.932. The maximum absolute atomic E-state index is 5.03. The molecule has 9 heavy (non-hydrogen) atoms. The van der Waals surface area contributed by atoms with Crippen LogP contribution in [0.5, 0.6) is 5.75 Å². The summed E-state index contributed by atoms with van der Waals surface area (Å²) in [6, 6.07) is 8.64. The highest BCUT2D eigenvalue weighted by Crippen LogP contribution is 2.20. The lowest BCUT2D eigenvalue weighted by Crippen LogP contribution is -2.07. The van der Waals surface area contributed by atoms with Crippen molar-refractivity contribution < 1.29 is 4.84 Å². The summed E-state index contributed by atoms with van der Waals surface area (Å²) in [6.07, 6.45) is 0. The molecule has 0 bridgehead atoms. The number of hydrogen-bond acceptors (Lipinski definition) is 2. The standard InChI is InChI=1S/C7H6NO/c1-2-4-7-6(3-1)5-8-9-7/h2-4,8H,5H2. The van der Waals surface area contributed by atoms with Gasteiger partial charge in [-0.25, -0.2) is 0 Å². The lowest BCUT2D eigenvalue weighted by molar-refractivity contribution is 0.224. The predicted molar refractivity (Wildman–Crippen MR) is 32.7 cm³/mol. The summed E-state index contributed by atoms with van der Waals surface area (Å²) in [5.74, 6) is 0.925. The summed E-state index contributed by atoms with van der Waals surface area (Å²) >= 11 is 0. The normalized spacial score (nSPS) is 14.7. The summed E-state index contributed by atoms with van der Waals surface area (Å²) in [5.41, 5.74) is 3.95. The van der Waals surface area contributed by atoms with E-state index in [2.05, 4.69) is 11.5 Å². The predicted octanol–water partition coefficient (Wildman–Crippen LogP) is 0.884. The first-order valence-electron chi connectivity index (χ1n) is 2.85. The zero-order valence-corrected chi connectivity index (χ0v) is 4.85. The number of benzene rings is 1. The Bertz CT molecular complexity index is 199. The van der Waals surface area contributed by atoms with Crippen LogP contribution in [0.1, 0.15) is 5.56 Å². The first-order valence-corrected chi connectivity index (χ1v) is 2.85. The molecule has 1 aliphatic rings. The monoisotopic (exact) mass is 120 g/mol. The number of nitrogens with one attached hydrogen (secondary N) is 1. The fourth-order valence-corrected chi connectivity index (χ4v) is 0.880. The highest BCUT2D eigenvalue weighted by atomic mass is 16.7. The van der Waals surface area contributed by atoms with Gasteiger partial charge in [0.25, 0.3) is 0 Å². The van der Waals surface area contributed by atoms with Crippen LogP contribution >= 0.6 is 0 Å². The summed E-state index contributed by atoms with van der Waals surface area (Å²) in [5, 5.41) is 0. The minimum absolute atomic E-state index is 0.798. The van der Waals surface area contributed by atoms with Crippen molar-refractivity contribution in [2.24, 2.45) is 0 Å². The number of hydroxylamine groups is 1. The quantitative estimate of drug-likeness (QED) is 0.548. The molecule has 2 heteroatoms. The topological polar surface area (TPSA) is 21.3 Å². The second-order valence-electron chi connectivity index (χ2n) is 1.96. The van der Waals surface area contributed by atoms with Gasteiger partial charge in [-0.2, -0.15) is 5.48 Å². The fraction of sp³-hybridized carbons (Fsp3) is 0.143. The third-order valence-corrected chi connectivity index (χ3v) is 1.35. The van der Waals surface area contributed by atoms with Crippen molar-refractivity contribution in [1.82, 2.24) is 5.48 Å². The molecule has 0 saturated heterocycles. The average Bonchev–Trinajstić information content (AvgIpc) is 2.33. The Morgan fingerprint density at radius 1 is 1.67 bits per heavy atom. The summed E-state index contributed by atoms with van der Waals surface area (Å²) in [4.78, 5) is 5.03. The molecule has 0 aliphatic carbocycles. The van der Waals surface area contributed by atoms with Gasteiger partial charge in [0.05, 0.1) is 6.54 Å². The maximum atomic E-state index is 5.03. The molecular weight excluding hydrogens is 114 g/mol. The van der Waals surface area contributed by atoms with Crippen molar-refractivity contribution >= 4 is 0 Å². The molecule has 0 aromatic heterocycles. The van der Waals surface area contributed by atoms with E-state index in [1.807, 2.05) is 18.2 Å². The summed E-state index contributed by atoms with van der Waals surface area (Å²) < 4.78 is 0. The Morgan fingerprint density at radius 3 is 3.56 bits per heavy atom. The van der Waals surface area contributed by atoms with Gasteiger partial charge in [0.2, 0.25) is 0 Å². The van der Waals surface area contributed by atoms with Crippen molar-refractivity contribution in [3.8, 4) is 5.75 Å². The first kappa shape index (κ1) is 4.82. The van der Waals surface area contributed by atoms with Gasteiger partial charge in [0, 0.05) is 5.56 Å². The first-order chi connectivity index (χ1) is 4.47. The lowest BCUT2D eigenvalue weighted by Gasteiger charge is -1.91. The van der Waals surface area contributed by atoms with Gasteiger partial charge in [0.1, 0.15) is 0 Å². The number of rotatable bonds is 0. The Morgan fingerprint density at radius 2 is 2.67 bits per heavy atom. The van der Waals surface area contributed by atoms with Crippen LogP contribution in [-0.4, -0.2) is 0 Å². The fourth-order valence-electron chi connectivity index (χ4n) is 0.880. The van der Waals surface area contributed by atoms with Crippen LogP contribution in [-0.2, 0) is 6.54 Å². The van der Waals surface area contributed by atoms with Crippen molar-refractivity contribution in [1.29, 1.82) is 0 Å². The maximum Gasteiger partial charge on any atom is 0.151 e. The van der Waals surface area contributed by atoms with Crippen LogP contribution in [0.25, 0.3) is 0 Å². The Hall–Kier alpha value is -1.02.